The lowest BCUT2D eigenvalue weighted by Crippen LogP contribution is -2.48. The molecule has 0 unspecified atom stereocenters. The molecule has 0 saturated heterocycles. The van der Waals surface area contributed by atoms with Gasteiger partial charge in [0.2, 0.25) is 0 Å². The Bertz CT molecular complexity index is 917. The Labute approximate surface area is 236 Å². The molecule has 1 aromatic carbocycles. The summed E-state index contributed by atoms with van der Waals surface area (Å²) in [7, 11) is 0.605. The molecule has 3 heteroatoms. The third kappa shape index (κ3) is 7.66. The zero-order valence-corrected chi connectivity index (χ0v) is 25.8. The van der Waals surface area contributed by atoms with Crippen LogP contribution >= 0.6 is 0 Å². The maximum absolute atomic E-state index is 10.6. The molecule has 1 N–H and O–H groups in total. The van der Waals surface area contributed by atoms with Gasteiger partial charge in [-0.05, 0) is 75.7 Å². The van der Waals surface area contributed by atoms with Crippen molar-refractivity contribution in [3.63, 3.8) is 0 Å². The lowest BCUT2D eigenvalue weighted by Gasteiger charge is -2.38. The SMILES string of the molecule is CCCCCCCCC1(CCCCCCCC)C2=C(CCC(BOC(C)(C)C(C)(C)O)=C2)c2ccccc21. The summed E-state index contributed by atoms with van der Waals surface area (Å²) in [5, 5.41) is 10.6. The summed E-state index contributed by atoms with van der Waals surface area (Å²) in [5.74, 6) is 0. The van der Waals surface area contributed by atoms with Gasteiger partial charge in [0.1, 0.15) is 0 Å². The second kappa shape index (κ2) is 14.4. The fraction of sp³-hybridized carbons (Fsp3) is 0.714. The number of aliphatic hydroxyl groups is 1. The van der Waals surface area contributed by atoms with Crippen LogP contribution < -0.4 is 0 Å². The van der Waals surface area contributed by atoms with Gasteiger partial charge in [-0.3, -0.25) is 0 Å². The highest BCUT2D eigenvalue weighted by atomic mass is 16.5. The highest BCUT2D eigenvalue weighted by molar-refractivity contribution is 6.38. The summed E-state index contributed by atoms with van der Waals surface area (Å²) in [5.41, 5.74) is 6.40. The molecule has 212 valence electrons. The van der Waals surface area contributed by atoms with Gasteiger partial charge in [0.25, 0.3) is 0 Å². The molecule has 0 fully saturated rings. The molecule has 0 radical (unpaired) electrons. The van der Waals surface area contributed by atoms with Gasteiger partial charge in [0.15, 0.2) is 0 Å². The number of allylic oxidation sites excluding steroid dienone is 4. The molecule has 2 aliphatic carbocycles. The standard InChI is InChI=1S/C35H57BO2/c1-7-9-11-13-15-19-25-35(26-20-16-14-12-10-8-2)31-22-18-17-21-29(31)30-24-23-28(27-32(30)35)36-38-34(5,6)33(3,4)37/h17-18,21-22,27,36-37H,7-16,19-20,23-26H2,1-6H3. The number of hydrogen-bond acceptors (Lipinski definition) is 2. The molecular formula is C35H57BO2. The van der Waals surface area contributed by atoms with Crippen molar-refractivity contribution in [1.82, 2.24) is 0 Å². The largest absolute Gasteiger partial charge is 0.427 e. The molecule has 3 rings (SSSR count). The summed E-state index contributed by atoms with van der Waals surface area (Å²) < 4.78 is 6.36. The molecule has 38 heavy (non-hydrogen) atoms. The van der Waals surface area contributed by atoms with Gasteiger partial charge in [0, 0.05) is 5.41 Å². The molecule has 0 heterocycles. The van der Waals surface area contributed by atoms with Crippen LogP contribution in [0.1, 0.15) is 155 Å². The zero-order chi connectivity index (χ0) is 27.7. The van der Waals surface area contributed by atoms with Crippen LogP contribution in [0.2, 0.25) is 0 Å². The molecule has 0 saturated carbocycles. The molecule has 0 spiro atoms. The summed E-state index contributed by atoms with van der Waals surface area (Å²) >= 11 is 0. The lowest BCUT2D eigenvalue weighted by atomic mass is 9.66. The van der Waals surface area contributed by atoms with E-state index in [1.54, 1.807) is 16.7 Å². The van der Waals surface area contributed by atoms with E-state index < -0.39 is 11.2 Å². The predicted octanol–water partition coefficient (Wildman–Crippen LogP) is 9.79. The first-order valence-corrected chi connectivity index (χ1v) is 16.1. The molecule has 0 amide bonds. The van der Waals surface area contributed by atoms with E-state index in [0.717, 1.165) is 12.8 Å². The normalized spacial score (nSPS) is 16.9. The van der Waals surface area contributed by atoms with Gasteiger partial charge >= 0.3 is 7.48 Å². The Hall–Kier alpha value is -1.32. The van der Waals surface area contributed by atoms with Crippen molar-refractivity contribution in [3.8, 4) is 0 Å². The maximum atomic E-state index is 10.6. The van der Waals surface area contributed by atoms with E-state index in [1.165, 1.54) is 101 Å². The summed E-state index contributed by atoms with van der Waals surface area (Å²) in [6, 6.07) is 9.35. The van der Waals surface area contributed by atoms with Gasteiger partial charge in [-0.1, -0.05) is 127 Å². The van der Waals surface area contributed by atoms with Gasteiger partial charge in [0.05, 0.1) is 11.2 Å². The maximum Gasteiger partial charge on any atom is 0.305 e. The zero-order valence-electron chi connectivity index (χ0n) is 25.8. The average Bonchev–Trinajstić information content (AvgIpc) is 3.16. The molecule has 0 bridgehead atoms. The number of fused-ring (bicyclic) bond motifs is 2. The molecule has 0 atom stereocenters. The van der Waals surface area contributed by atoms with Gasteiger partial charge < -0.3 is 9.76 Å². The van der Waals surface area contributed by atoms with Gasteiger partial charge in [-0.15, -0.1) is 0 Å². The fourth-order valence-corrected chi connectivity index (χ4v) is 6.44. The van der Waals surface area contributed by atoms with Gasteiger partial charge in [-0.2, -0.15) is 0 Å². The Kier molecular flexibility index (Phi) is 11.8. The minimum Gasteiger partial charge on any atom is -0.427 e. The first kappa shape index (κ1) is 31.2. The quantitative estimate of drug-likeness (QED) is 0.154. The molecule has 2 nitrogen and oxygen atoms in total. The second-order valence-electron chi connectivity index (χ2n) is 13.2. The number of hydrogen-bond donors (Lipinski definition) is 1. The van der Waals surface area contributed by atoms with E-state index >= 15 is 0 Å². The van der Waals surface area contributed by atoms with E-state index in [0.29, 0.717) is 7.48 Å². The summed E-state index contributed by atoms with van der Waals surface area (Å²) in [4.78, 5) is 0. The van der Waals surface area contributed by atoms with Crippen molar-refractivity contribution in [2.75, 3.05) is 0 Å². The first-order chi connectivity index (χ1) is 18.2. The highest BCUT2D eigenvalue weighted by Gasteiger charge is 2.44. The fourth-order valence-electron chi connectivity index (χ4n) is 6.44. The van der Waals surface area contributed by atoms with E-state index in [1.807, 2.05) is 27.7 Å². The van der Waals surface area contributed by atoms with Crippen molar-refractivity contribution >= 4 is 13.1 Å². The smallest absolute Gasteiger partial charge is 0.305 e. The topological polar surface area (TPSA) is 29.5 Å². The van der Waals surface area contributed by atoms with Crippen LogP contribution in [0.3, 0.4) is 0 Å². The lowest BCUT2D eigenvalue weighted by molar-refractivity contribution is -0.0897. The first-order valence-electron chi connectivity index (χ1n) is 16.1. The Balaban J connectivity index is 1.85. The van der Waals surface area contributed by atoms with Crippen LogP contribution in [0.25, 0.3) is 5.57 Å². The number of benzene rings is 1. The van der Waals surface area contributed by atoms with Crippen LogP contribution in [-0.2, 0) is 10.1 Å². The minimum absolute atomic E-state index is 0.152. The van der Waals surface area contributed by atoms with E-state index in [4.69, 9.17) is 4.65 Å². The molecule has 2 aliphatic rings. The molecular weight excluding hydrogens is 463 g/mol. The highest BCUT2D eigenvalue weighted by Crippen LogP contribution is 2.55. The van der Waals surface area contributed by atoms with E-state index in [9.17, 15) is 5.11 Å². The molecule has 0 aliphatic heterocycles. The van der Waals surface area contributed by atoms with Crippen molar-refractivity contribution in [1.29, 1.82) is 0 Å². The van der Waals surface area contributed by atoms with Crippen molar-refractivity contribution in [3.05, 3.63) is 52.5 Å². The van der Waals surface area contributed by atoms with E-state index in [-0.39, 0.29) is 5.41 Å². The van der Waals surface area contributed by atoms with Crippen LogP contribution in [0.15, 0.2) is 41.4 Å². The molecule has 1 aromatic rings. The van der Waals surface area contributed by atoms with Crippen LogP contribution in [-0.4, -0.2) is 23.8 Å². The third-order valence-corrected chi connectivity index (χ3v) is 9.66. The monoisotopic (exact) mass is 520 g/mol. The summed E-state index contributed by atoms with van der Waals surface area (Å²) in [6.07, 6.45) is 23.4. The van der Waals surface area contributed by atoms with Crippen LogP contribution in [0.5, 0.6) is 0 Å². The third-order valence-electron chi connectivity index (χ3n) is 9.66. The number of rotatable bonds is 18. The predicted molar refractivity (Wildman–Crippen MR) is 167 cm³/mol. The second-order valence-corrected chi connectivity index (χ2v) is 13.2. The van der Waals surface area contributed by atoms with Crippen molar-refractivity contribution < 1.29 is 9.76 Å². The van der Waals surface area contributed by atoms with Crippen LogP contribution in [0, 0.1) is 0 Å². The van der Waals surface area contributed by atoms with Crippen LogP contribution in [0.4, 0.5) is 0 Å². The minimum atomic E-state index is -0.879. The Morgan fingerprint density at radius 1 is 0.789 bits per heavy atom. The van der Waals surface area contributed by atoms with Crippen molar-refractivity contribution in [2.24, 2.45) is 0 Å². The van der Waals surface area contributed by atoms with Crippen molar-refractivity contribution in [2.45, 2.75) is 161 Å². The Morgan fingerprint density at radius 3 is 1.92 bits per heavy atom. The van der Waals surface area contributed by atoms with E-state index in [2.05, 4.69) is 44.2 Å². The number of unbranched alkanes of at least 4 members (excludes halogenated alkanes) is 10. The summed E-state index contributed by atoms with van der Waals surface area (Å²) in [6.45, 7) is 12.3. The van der Waals surface area contributed by atoms with Gasteiger partial charge in [-0.25, -0.2) is 0 Å². The Morgan fingerprint density at radius 2 is 1.34 bits per heavy atom. The molecule has 0 aromatic heterocycles. The average molecular weight is 521 g/mol.